The van der Waals surface area contributed by atoms with Crippen LogP contribution >= 0.6 is 0 Å². The van der Waals surface area contributed by atoms with Crippen molar-refractivity contribution in [1.29, 1.82) is 0 Å². The third-order valence-electron chi connectivity index (χ3n) is 4.69. The Balaban J connectivity index is 1.76. The van der Waals surface area contributed by atoms with Crippen molar-refractivity contribution in [3.8, 4) is 0 Å². The third-order valence-corrected chi connectivity index (χ3v) is 4.69. The van der Waals surface area contributed by atoms with Crippen LogP contribution in [0, 0.1) is 0 Å². The molecule has 0 saturated carbocycles. The molecule has 0 aromatic rings. The van der Waals surface area contributed by atoms with E-state index in [1.165, 1.54) is 70.6 Å². The van der Waals surface area contributed by atoms with Crippen LogP contribution in [0.1, 0.15) is 84.0 Å². The Bertz CT molecular complexity index is 278. The van der Waals surface area contributed by atoms with Crippen molar-refractivity contribution in [3.05, 3.63) is 0 Å². The molecule has 0 bridgehead atoms. The quantitative estimate of drug-likeness (QED) is 0.429. The fraction of sp³-hybridized carbons (Fsp3) is 0.947. The van der Waals surface area contributed by atoms with E-state index < -0.39 is 0 Å². The molecule has 1 saturated heterocycles. The lowest BCUT2D eigenvalue weighted by Gasteiger charge is -2.23. The molecule has 1 aliphatic heterocycles. The van der Waals surface area contributed by atoms with Gasteiger partial charge in [-0.1, -0.05) is 77.6 Å². The van der Waals surface area contributed by atoms with Gasteiger partial charge < -0.3 is 16.0 Å². The molecular formula is C19H39N3O. The first-order valence-corrected chi connectivity index (χ1v) is 10.1. The van der Waals surface area contributed by atoms with Gasteiger partial charge in [-0.15, -0.1) is 0 Å². The van der Waals surface area contributed by atoms with E-state index in [0.717, 1.165) is 32.6 Å². The van der Waals surface area contributed by atoms with Crippen LogP contribution in [0.5, 0.6) is 0 Å². The summed E-state index contributed by atoms with van der Waals surface area (Å²) in [6.07, 6.45) is 16.3. The van der Waals surface area contributed by atoms with Crippen LogP contribution in [0.4, 0.5) is 0 Å². The molecular weight excluding hydrogens is 286 g/mol. The van der Waals surface area contributed by atoms with E-state index in [9.17, 15) is 4.79 Å². The molecule has 1 unspecified atom stereocenters. The van der Waals surface area contributed by atoms with Crippen LogP contribution in [-0.4, -0.2) is 38.1 Å². The second-order valence-electron chi connectivity index (χ2n) is 6.89. The Morgan fingerprint density at radius 1 is 0.870 bits per heavy atom. The average Bonchev–Trinajstić information content (AvgIpc) is 2.59. The van der Waals surface area contributed by atoms with Crippen molar-refractivity contribution in [2.24, 2.45) is 0 Å². The number of carbonyl (C=O) groups is 1. The van der Waals surface area contributed by atoms with Crippen LogP contribution in [0.3, 0.4) is 0 Å². The van der Waals surface area contributed by atoms with Gasteiger partial charge in [0.2, 0.25) is 5.91 Å². The minimum Gasteiger partial charge on any atom is -0.355 e. The van der Waals surface area contributed by atoms with Gasteiger partial charge in [-0.2, -0.15) is 0 Å². The Morgan fingerprint density at radius 2 is 1.43 bits per heavy atom. The summed E-state index contributed by atoms with van der Waals surface area (Å²) in [5.41, 5.74) is 0. The van der Waals surface area contributed by atoms with E-state index in [2.05, 4.69) is 22.9 Å². The summed E-state index contributed by atoms with van der Waals surface area (Å²) in [6.45, 7) is 5.70. The molecule has 0 aromatic heterocycles. The molecule has 4 nitrogen and oxygen atoms in total. The van der Waals surface area contributed by atoms with E-state index in [1.54, 1.807) is 0 Å². The van der Waals surface area contributed by atoms with Gasteiger partial charge in [-0.25, -0.2) is 0 Å². The fourth-order valence-electron chi connectivity index (χ4n) is 3.14. The first kappa shape index (κ1) is 20.4. The summed E-state index contributed by atoms with van der Waals surface area (Å²) in [5.74, 6) is 0.153. The summed E-state index contributed by atoms with van der Waals surface area (Å²) in [6, 6.07) is -0.0407. The third kappa shape index (κ3) is 11.5. The highest BCUT2D eigenvalue weighted by molar-refractivity contribution is 5.82. The van der Waals surface area contributed by atoms with Crippen LogP contribution in [0.15, 0.2) is 0 Å². The largest absolute Gasteiger partial charge is 0.355 e. The molecule has 1 rings (SSSR count). The maximum atomic E-state index is 11.9. The first-order valence-electron chi connectivity index (χ1n) is 10.1. The smallest absolute Gasteiger partial charge is 0.238 e. The summed E-state index contributed by atoms with van der Waals surface area (Å²) in [5, 5.41) is 9.53. The number of unbranched alkanes of at least 4 members (excludes halogenated alkanes) is 11. The highest BCUT2D eigenvalue weighted by Crippen LogP contribution is 2.11. The van der Waals surface area contributed by atoms with Crippen molar-refractivity contribution in [3.63, 3.8) is 0 Å². The molecule has 1 aliphatic rings. The average molecular weight is 326 g/mol. The van der Waals surface area contributed by atoms with Crippen LogP contribution in [0.2, 0.25) is 0 Å². The van der Waals surface area contributed by atoms with E-state index in [4.69, 9.17) is 0 Å². The van der Waals surface area contributed by atoms with Crippen LogP contribution < -0.4 is 16.0 Å². The minimum atomic E-state index is -0.0407. The molecule has 0 aromatic carbocycles. The van der Waals surface area contributed by atoms with Crippen molar-refractivity contribution in [1.82, 2.24) is 16.0 Å². The number of hydrogen-bond donors (Lipinski definition) is 3. The van der Waals surface area contributed by atoms with E-state index in [-0.39, 0.29) is 11.9 Å². The number of carbonyl (C=O) groups excluding carboxylic acids is 1. The number of amides is 1. The molecule has 1 atom stereocenters. The van der Waals surface area contributed by atoms with Gasteiger partial charge in [0.05, 0.1) is 6.04 Å². The van der Waals surface area contributed by atoms with Gasteiger partial charge in [0.15, 0.2) is 0 Å². The molecule has 1 heterocycles. The lowest BCUT2D eigenvalue weighted by molar-refractivity contribution is -0.123. The molecule has 3 N–H and O–H groups in total. The van der Waals surface area contributed by atoms with E-state index in [1.807, 2.05) is 0 Å². The van der Waals surface area contributed by atoms with Gasteiger partial charge in [0.25, 0.3) is 0 Å². The van der Waals surface area contributed by atoms with E-state index in [0.29, 0.717) is 0 Å². The molecule has 23 heavy (non-hydrogen) atoms. The van der Waals surface area contributed by atoms with Gasteiger partial charge in [0, 0.05) is 26.2 Å². The van der Waals surface area contributed by atoms with Gasteiger partial charge in [-0.05, 0) is 6.42 Å². The maximum Gasteiger partial charge on any atom is 0.238 e. The molecule has 0 spiro atoms. The molecule has 1 fully saturated rings. The second kappa shape index (κ2) is 14.9. The second-order valence-corrected chi connectivity index (χ2v) is 6.89. The topological polar surface area (TPSA) is 53.2 Å². The fourth-order valence-corrected chi connectivity index (χ4v) is 3.14. The zero-order valence-electron chi connectivity index (χ0n) is 15.3. The highest BCUT2D eigenvalue weighted by atomic mass is 16.2. The molecule has 4 heteroatoms. The van der Waals surface area contributed by atoms with Crippen LogP contribution in [-0.2, 0) is 4.79 Å². The monoisotopic (exact) mass is 325 g/mol. The zero-order valence-corrected chi connectivity index (χ0v) is 15.3. The predicted molar refractivity (Wildman–Crippen MR) is 98.7 cm³/mol. The minimum absolute atomic E-state index is 0.0407. The summed E-state index contributed by atoms with van der Waals surface area (Å²) >= 11 is 0. The Morgan fingerprint density at radius 3 is 1.96 bits per heavy atom. The number of nitrogens with one attached hydrogen (secondary N) is 3. The summed E-state index contributed by atoms with van der Waals surface area (Å²) in [7, 11) is 0. The van der Waals surface area contributed by atoms with E-state index >= 15 is 0 Å². The molecule has 0 radical (unpaired) electrons. The lowest BCUT2D eigenvalue weighted by atomic mass is 10.1. The van der Waals surface area contributed by atoms with Crippen LogP contribution in [0.25, 0.3) is 0 Å². The first-order chi connectivity index (χ1) is 11.3. The molecule has 136 valence electrons. The Labute approximate surface area is 143 Å². The SMILES string of the molecule is CCCCCCCCCCCCCCNC(=O)C1CNCCN1. The Hall–Kier alpha value is -0.610. The normalized spacial score (nSPS) is 18.0. The molecule has 1 amide bonds. The van der Waals surface area contributed by atoms with Gasteiger partial charge >= 0.3 is 0 Å². The molecule has 0 aliphatic carbocycles. The van der Waals surface area contributed by atoms with Crippen molar-refractivity contribution >= 4 is 5.91 Å². The summed E-state index contributed by atoms with van der Waals surface area (Å²) < 4.78 is 0. The standard InChI is InChI=1S/C19H39N3O/c1-2-3-4-5-6-7-8-9-10-11-12-13-14-22-19(23)18-17-20-15-16-21-18/h18,20-21H,2-17H2,1H3,(H,22,23). The Kier molecular flexibility index (Phi) is 13.3. The summed E-state index contributed by atoms with van der Waals surface area (Å²) in [4.78, 5) is 11.9. The van der Waals surface area contributed by atoms with Crippen molar-refractivity contribution in [2.75, 3.05) is 26.2 Å². The lowest BCUT2D eigenvalue weighted by Crippen LogP contribution is -2.55. The van der Waals surface area contributed by atoms with Gasteiger partial charge in [-0.3, -0.25) is 4.79 Å². The zero-order chi connectivity index (χ0) is 16.6. The number of piperazine rings is 1. The maximum absolute atomic E-state index is 11.9. The van der Waals surface area contributed by atoms with Crippen molar-refractivity contribution in [2.45, 2.75) is 90.0 Å². The number of hydrogen-bond acceptors (Lipinski definition) is 3. The highest BCUT2D eigenvalue weighted by Gasteiger charge is 2.19. The van der Waals surface area contributed by atoms with Crippen molar-refractivity contribution < 1.29 is 4.79 Å². The number of rotatable bonds is 14. The van der Waals surface area contributed by atoms with Gasteiger partial charge in [0.1, 0.15) is 0 Å². The predicted octanol–water partition coefficient (Wildman–Crippen LogP) is 3.37.